The zero-order chi connectivity index (χ0) is 28.4. The van der Waals surface area contributed by atoms with E-state index in [1.807, 2.05) is 0 Å². The zero-order valence-corrected chi connectivity index (χ0v) is 23.9. The molecule has 1 aromatic carbocycles. The molecule has 5 N–H and O–H groups in total. The SMILES string of the molecule is CCOC(=O)CN(CC1CCCCO1)C(=O)[C@H](CCCNc1ncc[nH]1)NS(=O)(=O)c1cc(Cl)c(N)c(Cl)c1. The van der Waals surface area contributed by atoms with Crippen molar-refractivity contribution >= 4 is 56.7 Å². The minimum atomic E-state index is -4.26. The predicted molar refractivity (Wildman–Crippen MR) is 148 cm³/mol. The van der Waals surface area contributed by atoms with Crippen LogP contribution in [-0.4, -0.2) is 80.2 Å². The number of sulfonamides is 1. The fourth-order valence-electron chi connectivity index (χ4n) is 4.09. The lowest BCUT2D eigenvalue weighted by atomic mass is 10.1. The first-order valence-corrected chi connectivity index (χ1v) is 14.9. The quantitative estimate of drug-likeness (QED) is 0.144. The van der Waals surface area contributed by atoms with Gasteiger partial charge in [-0.2, -0.15) is 4.72 Å². The van der Waals surface area contributed by atoms with Crippen LogP contribution in [0.2, 0.25) is 10.0 Å². The molecule has 1 amide bonds. The third kappa shape index (κ3) is 9.24. The number of carbonyl (C=O) groups is 2. The Bertz CT molecular complexity index is 1180. The number of rotatable bonds is 14. The zero-order valence-electron chi connectivity index (χ0n) is 21.6. The molecule has 1 unspecified atom stereocenters. The van der Waals surface area contributed by atoms with Gasteiger partial charge in [0.2, 0.25) is 15.9 Å². The second kappa shape index (κ2) is 14.7. The summed E-state index contributed by atoms with van der Waals surface area (Å²) in [4.78, 5) is 34.2. The van der Waals surface area contributed by atoms with Crippen LogP contribution in [0.5, 0.6) is 0 Å². The smallest absolute Gasteiger partial charge is 0.325 e. The largest absolute Gasteiger partial charge is 0.465 e. The van der Waals surface area contributed by atoms with Crippen molar-refractivity contribution in [2.45, 2.75) is 56.1 Å². The van der Waals surface area contributed by atoms with Gasteiger partial charge in [-0.1, -0.05) is 23.2 Å². The average molecular weight is 606 g/mol. The lowest BCUT2D eigenvalue weighted by molar-refractivity contribution is -0.151. The van der Waals surface area contributed by atoms with E-state index in [1.165, 1.54) is 4.90 Å². The molecule has 0 saturated carbocycles. The summed E-state index contributed by atoms with van der Waals surface area (Å²) in [5.41, 5.74) is 5.80. The molecule has 2 heterocycles. The highest BCUT2D eigenvalue weighted by atomic mass is 35.5. The van der Waals surface area contributed by atoms with E-state index < -0.39 is 27.9 Å². The van der Waals surface area contributed by atoms with Gasteiger partial charge in [-0.15, -0.1) is 0 Å². The number of hydrogen-bond acceptors (Lipinski definition) is 9. The van der Waals surface area contributed by atoms with E-state index in [0.29, 0.717) is 25.5 Å². The van der Waals surface area contributed by atoms with Crippen molar-refractivity contribution in [3.63, 3.8) is 0 Å². The number of imidazole rings is 1. The van der Waals surface area contributed by atoms with E-state index in [-0.39, 0.29) is 52.8 Å². The van der Waals surface area contributed by atoms with Gasteiger partial charge in [-0.25, -0.2) is 13.4 Å². The van der Waals surface area contributed by atoms with E-state index in [9.17, 15) is 18.0 Å². The maximum Gasteiger partial charge on any atom is 0.325 e. The first kappa shape index (κ1) is 31.0. The van der Waals surface area contributed by atoms with Crippen molar-refractivity contribution in [2.75, 3.05) is 43.9 Å². The fraction of sp³-hybridized carbons (Fsp3) is 0.542. The molecule has 1 aliphatic rings. The van der Waals surface area contributed by atoms with Crippen molar-refractivity contribution in [3.05, 3.63) is 34.6 Å². The minimum absolute atomic E-state index is 0.0354. The molecule has 1 aromatic heterocycles. The molecule has 2 atom stereocenters. The Morgan fingerprint density at radius 1 is 1.31 bits per heavy atom. The number of carbonyl (C=O) groups excluding carboxylic acids is 2. The number of aromatic nitrogens is 2. The van der Waals surface area contributed by atoms with Crippen LogP contribution >= 0.6 is 23.2 Å². The van der Waals surface area contributed by atoms with Gasteiger partial charge in [-0.3, -0.25) is 9.59 Å². The molecular weight excluding hydrogens is 571 g/mol. The number of H-pyrrole nitrogens is 1. The number of hydrogen-bond donors (Lipinski definition) is 4. The first-order chi connectivity index (χ1) is 18.6. The Hall–Kier alpha value is -2.58. The van der Waals surface area contributed by atoms with E-state index in [1.54, 1.807) is 19.3 Å². The standard InChI is InChI=1S/C24H34Cl2N6O6S/c1-2-37-21(33)15-32(14-16-6-3-4-11-38-16)23(34)20(7-5-8-28-24-29-9-10-30-24)31-39(35,36)17-12-18(25)22(27)19(26)13-17/h9-10,12-13,16,20,31H,2-8,11,14-15,27H2,1H3,(H2,28,29,30)/t16?,20-/m0/s1. The van der Waals surface area contributed by atoms with Crippen molar-refractivity contribution in [3.8, 4) is 0 Å². The molecule has 1 aliphatic heterocycles. The number of anilines is 2. The monoisotopic (exact) mass is 604 g/mol. The number of benzene rings is 1. The highest BCUT2D eigenvalue weighted by Gasteiger charge is 2.32. The Morgan fingerprint density at radius 3 is 2.67 bits per heavy atom. The summed E-state index contributed by atoms with van der Waals surface area (Å²) in [6.45, 7) is 2.56. The van der Waals surface area contributed by atoms with Crippen molar-refractivity contribution in [1.29, 1.82) is 0 Å². The molecular formula is C24H34Cl2N6O6S. The van der Waals surface area contributed by atoms with Crippen LogP contribution in [-0.2, 0) is 29.1 Å². The molecule has 0 bridgehead atoms. The van der Waals surface area contributed by atoms with Crippen LogP contribution in [0, 0.1) is 0 Å². The number of nitrogens with one attached hydrogen (secondary N) is 3. The number of esters is 1. The number of nitrogens with two attached hydrogens (primary N) is 1. The highest BCUT2D eigenvalue weighted by Crippen LogP contribution is 2.31. The minimum Gasteiger partial charge on any atom is -0.465 e. The molecule has 1 saturated heterocycles. The summed E-state index contributed by atoms with van der Waals surface area (Å²) in [5.74, 6) is -0.630. The van der Waals surface area contributed by atoms with E-state index >= 15 is 0 Å². The topological polar surface area (TPSA) is 169 Å². The van der Waals surface area contributed by atoms with E-state index in [0.717, 1.165) is 31.4 Å². The Labute approximate surface area is 238 Å². The fourth-order valence-corrected chi connectivity index (χ4v) is 5.98. The first-order valence-electron chi connectivity index (χ1n) is 12.7. The highest BCUT2D eigenvalue weighted by molar-refractivity contribution is 7.89. The van der Waals surface area contributed by atoms with Gasteiger partial charge < -0.3 is 30.4 Å². The molecule has 12 nitrogen and oxygen atoms in total. The van der Waals surface area contributed by atoms with Crippen LogP contribution in [0.25, 0.3) is 0 Å². The maximum atomic E-state index is 13.8. The van der Waals surface area contributed by atoms with Crippen LogP contribution in [0.3, 0.4) is 0 Å². The molecule has 216 valence electrons. The molecule has 15 heteroatoms. The maximum absolute atomic E-state index is 13.8. The lowest BCUT2D eigenvalue weighted by Crippen LogP contribution is -2.52. The normalized spacial score (nSPS) is 16.4. The summed E-state index contributed by atoms with van der Waals surface area (Å²) in [7, 11) is -4.26. The number of halogens is 2. The van der Waals surface area contributed by atoms with Gasteiger partial charge in [-0.05, 0) is 51.2 Å². The van der Waals surface area contributed by atoms with Gasteiger partial charge in [0.1, 0.15) is 12.6 Å². The van der Waals surface area contributed by atoms with Crippen molar-refractivity contribution in [1.82, 2.24) is 19.6 Å². The molecule has 2 aromatic rings. The van der Waals surface area contributed by atoms with E-state index in [2.05, 4.69) is 20.0 Å². The molecule has 3 rings (SSSR count). The molecule has 0 spiro atoms. The summed E-state index contributed by atoms with van der Waals surface area (Å²) in [6, 6.07) is 1.12. The predicted octanol–water partition coefficient (Wildman–Crippen LogP) is 2.80. The van der Waals surface area contributed by atoms with E-state index in [4.69, 9.17) is 38.4 Å². The second-order valence-electron chi connectivity index (χ2n) is 8.99. The van der Waals surface area contributed by atoms with Gasteiger partial charge in [0.25, 0.3) is 0 Å². The third-order valence-corrected chi connectivity index (χ3v) is 8.13. The van der Waals surface area contributed by atoms with Crippen LogP contribution < -0.4 is 15.8 Å². The van der Waals surface area contributed by atoms with Gasteiger partial charge in [0.15, 0.2) is 5.95 Å². The number of nitrogens with zero attached hydrogens (tertiary/aromatic N) is 2. The Balaban J connectivity index is 1.83. The molecule has 0 radical (unpaired) electrons. The number of ether oxygens (including phenoxy) is 2. The summed E-state index contributed by atoms with van der Waals surface area (Å²) < 4.78 is 40.0. The molecule has 39 heavy (non-hydrogen) atoms. The average Bonchev–Trinajstić information content (AvgIpc) is 3.42. The summed E-state index contributed by atoms with van der Waals surface area (Å²) >= 11 is 12.1. The molecule has 1 fully saturated rings. The lowest BCUT2D eigenvalue weighted by Gasteiger charge is -2.32. The second-order valence-corrected chi connectivity index (χ2v) is 11.5. The number of aromatic amines is 1. The third-order valence-electron chi connectivity index (χ3n) is 6.05. The summed E-state index contributed by atoms with van der Waals surface area (Å²) in [5, 5.41) is 3.00. The Kier molecular flexibility index (Phi) is 11.7. The number of amides is 1. The molecule has 0 aliphatic carbocycles. The van der Waals surface area contributed by atoms with Crippen LogP contribution in [0.1, 0.15) is 39.0 Å². The van der Waals surface area contributed by atoms with Crippen molar-refractivity contribution in [2.24, 2.45) is 0 Å². The van der Waals surface area contributed by atoms with Crippen LogP contribution in [0.4, 0.5) is 11.6 Å². The van der Waals surface area contributed by atoms with Crippen molar-refractivity contribution < 1.29 is 27.5 Å². The van der Waals surface area contributed by atoms with Crippen LogP contribution in [0.15, 0.2) is 29.4 Å². The van der Waals surface area contributed by atoms with Gasteiger partial charge in [0, 0.05) is 32.1 Å². The number of nitrogen functional groups attached to an aromatic ring is 1. The van der Waals surface area contributed by atoms with Gasteiger partial charge >= 0.3 is 5.97 Å². The summed E-state index contributed by atoms with van der Waals surface area (Å²) in [6.07, 6.45) is 6.06. The Morgan fingerprint density at radius 2 is 2.05 bits per heavy atom. The van der Waals surface area contributed by atoms with Gasteiger partial charge in [0.05, 0.1) is 33.3 Å².